The first-order valence-electron chi connectivity index (χ1n) is 12.3. The predicted molar refractivity (Wildman–Crippen MR) is 148 cm³/mol. The Morgan fingerprint density at radius 2 is 1.23 bits per heavy atom. The van der Waals surface area contributed by atoms with Crippen molar-refractivity contribution in [3.05, 3.63) is 114 Å². The summed E-state index contributed by atoms with van der Waals surface area (Å²) < 4.78 is 2.47. The SMILES string of the molecule is CC1(C)c2c(ccc3c2[nH]c2ccccc23)-c2ccc3c4ccccc4n(-c4ccccc4)c3c21. The van der Waals surface area contributed by atoms with Crippen LogP contribution in [-0.2, 0) is 5.41 Å². The van der Waals surface area contributed by atoms with Crippen LogP contribution in [0.3, 0.4) is 0 Å². The number of fused-ring (bicyclic) bond motifs is 11. The summed E-state index contributed by atoms with van der Waals surface area (Å²) in [5.74, 6) is 0. The minimum atomic E-state index is -0.161. The summed E-state index contributed by atoms with van der Waals surface area (Å²) in [6.07, 6.45) is 0. The fourth-order valence-electron chi connectivity index (χ4n) is 6.68. The molecule has 2 aromatic heterocycles. The molecule has 0 bridgehead atoms. The molecule has 0 atom stereocenters. The Hall–Kier alpha value is -4.30. The van der Waals surface area contributed by atoms with E-state index in [-0.39, 0.29) is 5.41 Å². The second kappa shape index (κ2) is 6.43. The summed E-state index contributed by atoms with van der Waals surface area (Å²) in [6.45, 7) is 4.80. The highest BCUT2D eigenvalue weighted by Crippen LogP contribution is 2.55. The van der Waals surface area contributed by atoms with Crippen molar-refractivity contribution in [1.82, 2.24) is 9.55 Å². The molecular weight excluding hydrogens is 424 g/mol. The maximum Gasteiger partial charge on any atom is 0.0588 e. The van der Waals surface area contributed by atoms with E-state index in [9.17, 15) is 0 Å². The van der Waals surface area contributed by atoms with Gasteiger partial charge in [-0.05, 0) is 46.5 Å². The number of benzene rings is 5. The van der Waals surface area contributed by atoms with Crippen LogP contribution in [0.15, 0.2) is 103 Å². The number of nitrogens with one attached hydrogen (secondary N) is 1. The maximum atomic E-state index is 3.78. The van der Waals surface area contributed by atoms with Gasteiger partial charge >= 0.3 is 0 Å². The second-order valence-corrected chi connectivity index (χ2v) is 10.3. The smallest absolute Gasteiger partial charge is 0.0588 e. The molecule has 0 aliphatic heterocycles. The second-order valence-electron chi connectivity index (χ2n) is 10.3. The van der Waals surface area contributed by atoms with Crippen molar-refractivity contribution in [2.24, 2.45) is 0 Å². The summed E-state index contributed by atoms with van der Waals surface area (Å²) in [7, 11) is 0. The van der Waals surface area contributed by atoms with Crippen LogP contribution >= 0.6 is 0 Å². The average Bonchev–Trinajstić information content (AvgIpc) is 3.50. The number of rotatable bonds is 1. The maximum absolute atomic E-state index is 3.78. The van der Waals surface area contributed by atoms with Crippen molar-refractivity contribution in [1.29, 1.82) is 0 Å². The van der Waals surface area contributed by atoms with Gasteiger partial charge in [0.25, 0.3) is 0 Å². The Balaban J connectivity index is 1.56. The molecule has 1 aliphatic rings. The Kier molecular flexibility index (Phi) is 3.50. The van der Waals surface area contributed by atoms with Crippen molar-refractivity contribution in [2.45, 2.75) is 19.3 Å². The lowest BCUT2D eigenvalue weighted by molar-refractivity contribution is 0.668. The molecule has 5 aromatic carbocycles. The van der Waals surface area contributed by atoms with Gasteiger partial charge in [0, 0.05) is 38.2 Å². The molecule has 2 nitrogen and oxygen atoms in total. The Bertz CT molecular complexity index is 1970. The first-order valence-corrected chi connectivity index (χ1v) is 12.3. The van der Waals surface area contributed by atoms with Gasteiger partial charge < -0.3 is 9.55 Å². The van der Waals surface area contributed by atoms with E-state index >= 15 is 0 Å². The summed E-state index contributed by atoms with van der Waals surface area (Å²) in [5, 5.41) is 5.22. The topological polar surface area (TPSA) is 20.7 Å². The lowest BCUT2D eigenvalue weighted by Crippen LogP contribution is -2.17. The highest BCUT2D eigenvalue weighted by Gasteiger charge is 2.40. The van der Waals surface area contributed by atoms with Gasteiger partial charge in [-0.1, -0.05) is 92.7 Å². The number of aromatic amines is 1. The van der Waals surface area contributed by atoms with E-state index in [2.05, 4.69) is 127 Å². The molecule has 7 aromatic rings. The molecule has 166 valence electrons. The molecule has 8 rings (SSSR count). The van der Waals surface area contributed by atoms with Gasteiger partial charge in [-0.3, -0.25) is 0 Å². The minimum absolute atomic E-state index is 0.161. The molecule has 2 heterocycles. The first-order chi connectivity index (χ1) is 17.1. The third-order valence-corrected chi connectivity index (χ3v) is 8.07. The fraction of sp³-hybridized carbons (Fsp3) is 0.0909. The van der Waals surface area contributed by atoms with Crippen molar-refractivity contribution < 1.29 is 0 Å². The van der Waals surface area contributed by atoms with E-state index in [0.29, 0.717) is 0 Å². The summed E-state index contributed by atoms with van der Waals surface area (Å²) >= 11 is 0. The van der Waals surface area contributed by atoms with Crippen LogP contribution in [-0.4, -0.2) is 9.55 Å². The molecule has 0 saturated carbocycles. The van der Waals surface area contributed by atoms with Crippen LogP contribution in [0.1, 0.15) is 25.0 Å². The average molecular weight is 449 g/mol. The normalized spacial score (nSPS) is 14.2. The molecule has 2 heteroatoms. The number of H-pyrrole nitrogens is 1. The molecular formula is C33H24N2. The summed E-state index contributed by atoms with van der Waals surface area (Å²) in [6, 6.07) is 37.6. The van der Waals surface area contributed by atoms with E-state index in [1.54, 1.807) is 0 Å². The number of para-hydroxylation sites is 3. The van der Waals surface area contributed by atoms with E-state index in [0.717, 1.165) is 0 Å². The van der Waals surface area contributed by atoms with E-state index in [1.807, 2.05) is 0 Å². The quantitative estimate of drug-likeness (QED) is 0.259. The number of hydrogen-bond acceptors (Lipinski definition) is 0. The highest BCUT2D eigenvalue weighted by atomic mass is 15.0. The van der Waals surface area contributed by atoms with Gasteiger partial charge in [0.2, 0.25) is 0 Å². The van der Waals surface area contributed by atoms with Gasteiger partial charge in [0.1, 0.15) is 0 Å². The molecule has 1 aliphatic carbocycles. The Labute approximate surface area is 203 Å². The molecule has 35 heavy (non-hydrogen) atoms. The zero-order valence-electron chi connectivity index (χ0n) is 19.8. The van der Waals surface area contributed by atoms with E-state index < -0.39 is 0 Å². The zero-order chi connectivity index (χ0) is 23.3. The van der Waals surface area contributed by atoms with E-state index in [1.165, 1.54) is 71.6 Å². The molecule has 0 spiro atoms. The van der Waals surface area contributed by atoms with Crippen molar-refractivity contribution >= 4 is 43.6 Å². The monoisotopic (exact) mass is 448 g/mol. The van der Waals surface area contributed by atoms with Gasteiger partial charge in [-0.15, -0.1) is 0 Å². The number of aromatic nitrogens is 2. The predicted octanol–water partition coefficient (Wildman–Crippen LogP) is 8.72. The van der Waals surface area contributed by atoms with Gasteiger partial charge in [-0.2, -0.15) is 0 Å². The lowest BCUT2D eigenvalue weighted by atomic mass is 9.80. The largest absolute Gasteiger partial charge is 0.354 e. The van der Waals surface area contributed by atoms with Crippen LogP contribution in [0.5, 0.6) is 0 Å². The van der Waals surface area contributed by atoms with Crippen LogP contribution < -0.4 is 0 Å². The Morgan fingerprint density at radius 1 is 0.571 bits per heavy atom. The molecule has 0 fully saturated rings. The van der Waals surface area contributed by atoms with Crippen LogP contribution in [0, 0.1) is 0 Å². The van der Waals surface area contributed by atoms with Crippen molar-refractivity contribution in [2.75, 3.05) is 0 Å². The van der Waals surface area contributed by atoms with Crippen LogP contribution in [0.25, 0.3) is 60.4 Å². The molecule has 0 saturated heterocycles. The number of nitrogens with zero attached hydrogens (tertiary/aromatic N) is 1. The van der Waals surface area contributed by atoms with Gasteiger partial charge in [0.15, 0.2) is 0 Å². The third-order valence-electron chi connectivity index (χ3n) is 8.07. The van der Waals surface area contributed by atoms with Gasteiger partial charge in [-0.25, -0.2) is 0 Å². The van der Waals surface area contributed by atoms with Gasteiger partial charge in [0.05, 0.1) is 16.6 Å². The standard InChI is InChI=1S/C33H24N2/c1-33(2)29-23(16-18-25-21-12-6-8-14-27(21)34-31(25)29)24-17-19-26-22-13-7-9-15-28(22)35(32(26)30(24)33)20-10-4-3-5-11-20/h3-19,34H,1-2H3. The third kappa shape index (κ3) is 2.29. The lowest BCUT2D eigenvalue weighted by Gasteiger charge is -2.24. The summed E-state index contributed by atoms with van der Waals surface area (Å²) in [5.41, 5.74) is 11.6. The fourth-order valence-corrected chi connectivity index (χ4v) is 6.68. The summed E-state index contributed by atoms with van der Waals surface area (Å²) in [4.78, 5) is 3.78. The van der Waals surface area contributed by atoms with Crippen LogP contribution in [0.4, 0.5) is 0 Å². The molecule has 0 unspecified atom stereocenters. The minimum Gasteiger partial charge on any atom is -0.354 e. The zero-order valence-corrected chi connectivity index (χ0v) is 19.8. The highest BCUT2D eigenvalue weighted by molar-refractivity contribution is 6.16. The molecule has 0 amide bonds. The van der Waals surface area contributed by atoms with Crippen molar-refractivity contribution in [3.8, 4) is 16.8 Å². The van der Waals surface area contributed by atoms with E-state index in [4.69, 9.17) is 0 Å². The molecule has 0 radical (unpaired) electrons. The first kappa shape index (κ1) is 19.1. The van der Waals surface area contributed by atoms with Crippen molar-refractivity contribution in [3.63, 3.8) is 0 Å². The van der Waals surface area contributed by atoms with Crippen LogP contribution in [0.2, 0.25) is 0 Å². The molecule has 1 N–H and O–H groups in total. The Morgan fingerprint density at radius 3 is 2.06 bits per heavy atom. The number of hydrogen-bond donors (Lipinski definition) is 1.